The van der Waals surface area contributed by atoms with Crippen molar-refractivity contribution in [3.8, 4) is 0 Å². The van der Waals surface area contributed by atoms with Gasteiger partial charge in [-0.1, -0.05) is 20.8 Å². The van der Waals surface area contributed by atoms with Gasteiger partial charge in [-0.15, -0.1) is 0 Å². The summed E-state index contributed by atoms with van der Waals surface area (Å²) in [4.78, 5) is 13.1. The van der Waals surface area contributed by atoms with Crippen molar-refractivity contribution in [2.75, 3.05) is 20.1 Å². The average Bonchev–Trinajstić information content (AvgIpc) is 2.18. The van der Waals surface area contributed by atoms with Crippen LogP contribution in [0, 0.1) is 0 Å². The van der Waals surface area contributed by atoms with Gasteiger partial charge < -0.3 is 15.3 Å². The summed E-state index contributed by atoms with van der Waals surface area (Å²) in [7, 11) is 1.99. The molecule has 1 unspecified atom stereocenters. The highest BCUT2D eigenvalue weighted by Crippen LogP contribution is 2.06. The molecule has 0 aliphatic heterocycles. The average molecular weight is 216 g/mol. The summed E-state index contributed by atoms with van der Waals surface area (Å²) in [5, 5.41) is 12.0. The zero-order valence-electron chi connectivity index (χ0n) is 10.3. The van der Waals surface area contributed by atoms with Gasteiger partial charge in [0.2, 0.25) is 0 Å². The molecule has 90 valence electrons. The third-order valence-electron chi connectivity index (χ3n) is 2.79. The maximum atomic E-state index is 10.9. The Bertz CT molecular complexity index is 181. The molecule has 4 nitrogen and oxygen atoms in total. The molecule has 15 heavy (non-hydrogen) atoms. The minimum absolute atomic E-state index is 0.458. The largest absolute Gasteiger partial charge is 0.480 e. The van der Waals surface area contributed by atoms with Crippen LogP contribution in [0.25, 0.3) is 0 Å². The second kappa shape index (κ2) is 7.65. The Labute approximate surface area is 92.7 Å². The predicted octanol–water partition coefficient (Wildman–Crippen LogP) is 1.17. The van der Waals surface area contributed by atoms with Gasteiger partial charge >= 0.3 is 5.97 Å². The Kier molecular flexibility index (Phi) is 7.34. The second-order valence-electron chi connectivity index (χ2n) is 3.86. The molecule has 0 heterocycles. The van der Waals surface area contributed by atoms with E-state index in [4.69, 9.17) is 5.11 Å². The van der Waals surface area contributed by atoms with Crippen molar-refractivity contribution >= 4 is 5.97 Å². The molecule has 0 saturated carbocycles. The van der Waals surface area contributed by atoms with E-state index in [2.05, 4.69) is 24.1 Å². The molecule has 2 N–H and O–H groups in total. The Morgan fingerprint density at radius 2 is 1.87 bits per heavy atom. The molecule has 0 bridgehead atoms. The first-order chi connectivity index (χ1) is 7.06. The lowest BCUT2D eigenvalue weighted by molar-refractivity contribution is -0.140. The van der Waals surface area contributed by atoms with E-state index in [1.54, 1.807) is 0 Å². The molecule has 0 aromatic carbocycles. The number of hydrogen-bond acceptors (Lipinski definition) is 3. The molecular formula is C11H24N2O2. The zero-order valence-corrected chi connectivity index (χ0v) is 10.3. The van der Waals surface area contributed by atoms with Crippen molar-refractivity contribution in [2.24, 2.45) is 0 Å². The van der Waals surface area contributed by atoms with Gasteiger partial charge in [0.1, 0.15) is 6.04 Å². The van der Waals surface area contributed by atoms with Crippen LogP contribution in [-0.4, -0.2) is 48.2 Å². The van der Waals surface area contributed by atoms with E-state index in [9.17, 15) is 4.79 Å². The van der Waals surface area contributed by atoms with Crippen LogP contribution in [0.15, 0.2) is 0 Å². The Hall–Kier alpha value is -0.610. The van der Waals surface area contributed by atoms with Gasteiger partial charge in [-0.3, -0.25) is 4.79 Å². The summed E-state index contributed by atoms with van der Waals surface area (Å²) in [6, 6.07) is 0.0195. The predicted molar refractivity (Wildman–Crippen MR) is 62.1 cm³/mol. The number of carbonyl (C=O) groups is 1. The molecule has 0 aliphatic carbocycles. The van der Waals surface area contributed by atoms with Crippen LogP contribution in [0.1, 0.15) is 33.6 Å². The second-order valence-corrected chi connectivity index (χ2v) is 3.86. The lowest BCUT2D eigenvalue weighted by Gasteiger charge is -2.28. The smallest absolute Gasteiger partial charge is 0.322 e. The number of carboxylic acid groups (broad SMARTS) is 1. The molecule has 1 atom stereocenters. The van der Waals surface area contributed by atoms with Crippen LogP contribution in [-0.2, 0) is 4.79 Å². The van der Waals surface area contributed by atoms with Crippen molar-refractivity contribution in [1.82, 2.24) is 10.2 Å². The third-order valence-corrected chi connectivity index (χ3v) is 2.79. The molecule has 0 spiro atoms. The maximum Gasteiger partial charge on any atom is 0.322 e. The molecule has 4 heteroatoms. The lowest BCUT2D eigenvalue weighted by atomic mass is 10.1. The van der Waals surface area contributed by atoms with E-state index in [0.717, 1.165) is 12.8 Å². The lowest BCUT2D eigenvalue weighted by Crippen LogP contribution is -2.47. The van der Waals surface area contributed by atoms with Gasteiger partial charge in [-0.05, 0) is 26.4 Å². The number of likely N-dealkylation sites (N-methyl/N-ethyl adjacent to an activating group) is 2. The summed E-state index contributed by atoms with van der Waals surface area (Å²) < 4.78 is 0. The van der Waals surface area contributed by atoms with Gasteiger partial charge in [0.25, 0.3) is 0 Å². The van der Waals surface area contributed by atoms with E-state index < -0.39 is 12.0 Å². The van der Waals surface area contributed by atoms with E-state index in [0.29, 0.717) is 19.1 Å². The van der Waals surface area contributed by atoms with Gasteiger partial charge in [-0.2, -0.15) is 0 Å². The van der Waals surface area contributed by atoms with Crippen LogP contribution in [0.3, 0.4) is 0 Å². The highest BCUT2D eigenvalue weighted by atomic mass is 16.4. The van der Waals surface area contributed by atoms with Crippen molar-refractivity contribution < 1.29 is 9.90 Å². The van der Waals surface area contributed by atoms with Crippen molar-refractivity contribution in [2.45, 2.75) is 45.7 Å². The summed E-state index contributed by atoms with van der Waals surface area (Å²) >= 11 is 0. The fourth-order valence-electron chi connectivity index (χ4n) is 1.83. The fourth-order valence-corrected chi connectivity index (χ4v) is 1.83. The Morgan fingerprint density at radius 3 is 2.20 bits per heavy atom. The molecule has 0 fully saturated rings. The monoisotopic (exact) mass is 216 g/mol. The van der Waals surface area contributed by atoms with Crippen LogP contribution in [0.2, 0.25) is 0 Å². The number of nitrogens with zero attached hydrogens (tertiary/aromatic N) is 1. The SMILES string of the molecule is CCNC(CN(C)C(CC)CC)C(=O)O. The van der Waals surface area contributed by atoms with Crippen LogP contribution in [0.4, 0.5) is 0 Å². The maximum absolute atomic E-state index is 10.9. The molecule has 0 saturated heterocycles. The summed E-state index contributed by atoms with van der Waals surface area (Å²) in [6.07, 6.45) is 2.12. The molecule has 0 radical (unpaired) electrons. The molecule has 0 aromatic heterocycles. The molecular weight excluding hydrogens is 192 g/mol. The zero-order chi connectivity index (χ0) is 11.8. The van der Waals surface area contributed by atoms with Crippen LogP contribution >= 0.6 is 0 Å². The first kappa shape index (κ1) is 14.4. The van der Waals surface area contributed by atoms with Gasteiger partial charge in [0.15, 0.2) is 0 Å². The van der Waals surface area contributed by atoms with Crippen molar-refractivity contribution in [1.29, 1.82) is 0 Å². The number of hydrogen-bond donors (Lipinski definition) is 2. The molecule has 0 aromatic rings. The van der Waals surface area contributed by atoms with Gasteiger partial charge in [0, 0.05) is 12.6 Å². The topological polar surface area (TPSA) is 52.6 Å². The van der Waals surface area contributed by atoms with Crippen LogP contribution < -0.4 is 5.32 Å². The minimum atomic E-state index is -0.769. The molecule has 0 rings (SSSR count). The van der Waals surface area contributed by atoms with Crippen molar-refractivity contribution in [3.05, 3.63) is 0 Å². The van der Waals surface area contributed by atoms with Crippen molar-refractivity contribution in [3.63, 3.8) is 0 Å². The Balaban J connectivity index is 4.20. The highest BCUT2D eigenvalue weighted by molar-refractivity contribution is 5.73. The third kappa shape index (κ3) is 5.14. The van der Waals surface area contributed by atoms with E-state index >= 15 is 0 Å². The van der Waals surface area contributed by atoms with E-state index in [1.807, 2.05) is 14.0 Å². The Morgan fingerprint density at radius 1 is 1.33 bits per heavy atom. The molecule has 0 aliphatic rings. The van der Waals surface area contributed by atoms with E-state index in [-0.39, 0.29) is 0 Å². The standard InChI is InChI=1S/C11H24N2O2/c1-5-9(6-2)13(4)8-10(11(14)15)12-7-3/h9-10,12H,5-8H2,1-4H3,(H,14,15). The molecule has 0 amide bonds. The van der Waals surface area contributed by atoms with Crippen LogP contribution in [0.5, 0.6) is 0 Å². The normalized spacial score (nSPS) is 13.5. The summed E-state index contributed by atoms with van der Waals surface area (Å²) in [5.74, 6) is -0.769. The van der Waals surface area contributed by atoms with Gasteiger partial charge in [0.05, 0.1) is 0 Å². The minimum Gasteiger partial charge on any atom is -0.480 e. The number of nitrogens with one attached hydrogen (secondary N) is 1. The first-order valence-corrected chi connectivity index (χ1v) is 5.73. The quantitative estimate of drug-likeness (QED) is 0.639. The van der Waals surface area contributed by atoms with E-state index in [1.165, 1.54) is 0 Å². The van der Waals surface area contributed by atoms with Gasteiger partial charge in [-0.25, -0.2) is 0 Å². The highest BCUT2D eigenvalue weighted by Gasteiger charge is 2.20. The number of carboxylic acids is 1. The summed E-state index contributed by atoms with van der Waals surface area (Å²) in [6.45, 7) is 7.44. The fraction of sp³-hybridized carbons (Fsp3) is 0.909. The number of rotatable bonds is 8. The first-order valence-electron chi connectivity index (χ1n) is 5.73. The number of aliphatic carboxylic acids is 1. The summed E-state index contributed by atoms with van der Waals surface area (Å²) in [5.41, 5.74) is 0.